The second-order valence-electron chi connectivity index (χ2n) is 7.53. The van der Waals surface area contributed by atoms with Crippen molar-refractivity contribution in [3.63, 3.8) is 0 Å². The molecule has 0 aliphatic rings. The zero-order chi connectivity index (χ0) is 20.2. The van der Waals surface area contributed by atoms with E-state index in [9.17, 15) is 13.2 Å². The molecule has 1 amide bonds. The number of quaternary nitrogens is 1. The van der Waals surface area contributed by atoms with E-state index in [1.807, 2.05) is 6.92 Å². The summed E-state index contributed by atoms with van der Waals surface area (Å²) in [5.74, 6) is -0.309. The predicted molar refractivity (Wildman–Crippen MR) is 108 cm³/mol. The molecule has 6 nitrogen and oxygen atoms in total. The molecule has 0 fully saturated rings. The number of carbonyl (C=O) groups is 1. The molecule has 1 atom stereocenters. The van der Waals surface area contributed by atoms with E-state index in [0.717, 1.165) is 62.8 Å². The molecule has 2 N–H and O–H groups in total. The first-order valence-electron chi connectivity index (χ1n) is 9.82. The standard InChI is InChI=1S/C19H38N2O4S/c1-6-8-12-21(13-9-7-2,14-10-16-26(23,24)25)15-11-18(5)20-19(22)17(3)4/h18H,3,6-16H2,1-2,4-5H3,(H-,20,22,23,24,25)/p+1. The van der Waals surface area contributed by atoms with E-state index in [1.165, 1.54) is 0 Å². The Morgan fingerprint density at radius 2 is 1.58 bits per heavy atom. The quantitative estimate of drug-likeness (QED) is 0.255. The van der Waals surface area contributed by atoms with Crippen LogP contribution in [0, 0.1) is 0 Å². The van der Waals surface area contributed by atoms with Gasteiger partial charge in [-0.1, -0.05) is 33.3 Å². The van der Waals surface area contributed by atoms with Gasteiger partial charge in [0.05, 0.1) is 31.9 Å². The summed E-state index contributed by atoms with van der Waals surface area (Å²) in [5.41, 5.74) is 0.503. The molecular weight excluding hydrogens is 352 g/mol. The number of nitrogens with zero attached hydrogens (tertiary/aromatic N) is 1. The number of hydrogen-bond acceptors (Lipinski definition) is 3. The van der Waals surface area contributed by atoms with Gasteiger partial charge in [-0.05, 0) is 26.7 Å². The molecule has 0 aromatic heterocycles. The number of hydrogen-bond donors (Lipinski definition) is 2. The van der Waals surface area contributed by atoms with Crippen molar-refractivity contribution in [1.82, 2.24) is 5.32 Å². The van der Waals surface area contributed by atoms with Crippen molar-refractivity contribution in [1.29, 1.82) is 0 Å². The van der Waals surface area contributed by atoms with Crippen LogP contribution < -0.4 is 5.32 Å². The molecule has 26 heavy (non-hydrogen) atoms. The van der Waals surface area contributed by atoms with Gasteiger partial charge in [-0.2, -0.15) is 8.42 Å². The lowest BCUT2D eigenvalue weighted by Crippen LogP contribution is -2.52. The Morgan fingerprint density at radius 3 is 2.00 bits per heavy atom. The van der Waals surface area contributed by atoms with E-state index in [2.05, 4.69) is 25.7 Å². The Labute approximate surface area is 160 Å². The van der Waals surface area contributed by atoms with Crippen molar-refractivity contribution in [2.24, 2.45) is 0 Å². The van der Waals surface area contributed by atoms with E-state index in [-0.39, 0.29) is 17.7 Å². The van der Waals surface area contributed by atoms with Gasteiger partial charge in [0.15, 0.2) is 0 Å². The van der Waals surface area contributed by atoms with Crippen molar-refractivity contribution in [2.45, 2.75) is 72.3 Å². The highest BCUT2D eigenvalue weighted by Gasteiger charge is 2.27. The molecule has 1 unspecified atom stereocenters. The van der Waals surface area contributed by atoms with Crippen LogP contribution in [0.1, 0.15) is 66.2 Å². The Morgan fingerprint density at radius 1 is 1.08 bits per heavy atom. The molecule has 0 bridgehead atoms. The van der Waals surface area contributed by atoms with Crippen LogP contribution in [-0.4, -0.2) is 61.3 Å². The summed E-state index contributed by atoms with van der Waals surface area (Å²) in [6.07, 6.45) is 5.64. The van der Waals surface area contributed by atoms with Crippen LogP contribution in [0.15, 0.2) is 12.2 Å². The Kier molecular flexibility index (Phi) is 12.0. The maximum absolute atomic E-state index is 11.8. The molecule has 0 spiro atoms. The number of carbonyl (C=O) groups excluding carboxylic acids is 1. The first-order chi connectivity index (χ1) is 12.0. The fourth-order valence-electron chi connectivity index (χ4n) is 3.13. The van der Waals surface area contributed by atoms with Crippen LogP contribution in [0.3, 0.4) is 0 Å². The number of nitrogens with one attached hydrogen (secondary N) is 1. The lowest BCUT2D eigenvalue weighted by atomic mass is 10.1. The molecule has 0 aromatic rings. The molecule has 0 aliphatic heterocycles. The average molecular weight is 392 g/mol. The van der Waals surface area contributed by atoms with E-state index in [4.69, 9.17) is 4.55 Å². The molecule has 0 radical (unpaired) electrons. The van der Waals surface area contributed by atoms with E-state index >= 15 is 0 Å². The maximum atomic E-state index is 11.8. The van der Waals surface area contributed by atoms with E-state index in [1.54, 1.807) is 6.92 Å². The van der Waals surface area contributed by atoms with Gasteiger partial charge >= 0.3 is 0 Å². The van der Waals surface area contributed by atoms with Crippen molar-refractivity contribution < 1.29 is 22.2 Å². The average Bonchev–Trinajstić information content (AvgIpc) is 2.54. The van der Waals surface area contributed by atoms with Crippen molar-refractivity contribution >= 4 is 16.0 Å². The molecule has 0 rings (SSSR count). The molecule has 0 saturated carbocycles. The summed E-state index contributed by atoms with van der Waals surface area (Å²) in [4.78, 5) is 11.8. The van der Waals surface area contributed by atoms with Gasteiger partial charge in [0.1, 0.15) is 0 Å². The van der Waals surface area contributed by atoms with Gasteiger partial charge in [0.2, 0.25) is 5.91 Å². The summed E-state index contributed by atoms with van der Waals surface area (Å²) in [6, 6.07) is 0.0431. The molecule has 154 valence electrons. The summed E-state index contributed by atoms with van der Waals surface area (Å²) in [7, 11) is -3.92. The first kappa shape index (κ1) is 25.1. The Hall–Kier alpha value is -0.920. The highest BCUT2D eigenvalue weighted by atomic mass is 32.2. The third kappa shape index (κ3) is 11.6. The fourth-order valence-corrected chi connectivity index (χ4v) is 3.62. The van der Waals surface area contributed by atoms with Crippen LogP contribution in [0.2, 0.25) is 0 Å². The van der Waals surface area contributed by atoms with Crippen LogP contribution in [-0.2, 0) is 14.9 Å². The second kappa shape index (κ2) is 12.5. The van der Waals surface area contributed by atoms with Crippen molar-refractivity contribution in [3.05, 3.63) is 12.2 Å². The molecule has 0 heterocycles. The summed E-state index contributed by atoms with van der Waals surface area (Å²) in [5, 5.41) is 2.96. The monoisotopic (exact) mass is 391 g/mol. The van der Waals surface area contributed by atoms with Crippen LogP contribution in [0.5, 0.6) is 0 Å². The minimum absolute atomic E-state index is 0.0431. The third-order valence-corrected chi connectivity index (χ3v) is 5.61. The normalized spacial score (nSPS) is 13.4. The molecular formula is C19H39N2O4S+. The Bertz CT molecular complexity index is 524. The number of amides is 1. The van der Waals surface area contributed by atoms with Crippen molar-refractivity contribution in [2.75, 3.05) is 31.9 Å². The van der Waals surface area contributed by atoms with E-state index in [0.29, 0.717) is 12.0 Å². The smallest absolute Gasteiger partial charge is 0.265 e. The summed E-state index contributed by atoms with van der Waals surface area (Å²) >= 11 is 0. The third-order valence-electron chi connectivity index (χ3n) is 4.81. The van der Waals surface area contributed by atoms with Gasteiger partial charge in [-0.15, -0.1) is 0 Å². The largest absolute Gasteiger partial charge is 0.350 e. The topological polar surface area (TPSA) is 83.5 Å². The number of unbranched alkanes of at least 4 members (excludes halogenated alkanes) is 2. The van der Waals surface area contributed by atoms with Crippen LogP contribution >= 0.6 is 0 Å². The molecule has 0 saturated heterocycles. The summed E-state index contributed by atoms with van der Waals surface area (Å²) in [6.45, 7) is 15.3. The lowest BCUT2D eigenvalue weighted by Gasteiger charge is -2.40. The van der Waals surface area contributed by atoms with Gasteiger partial charge in [-0.25, -0.2) is 0 Å². The summed E-state index contributed by atoms with van der Waals surface area (Å²) < 4.78 is 32.1. The minimum Gasteiger partial charge on any atom is -0.350 e. The van der Waals surface area contributed by atoms with Crippen molar-refractivity contribution in [3.8, 4) is 0 Å². The maximum Gasteiger partial charge on any atom is 0.265 e. The van der Waals surface area contributed by atoms with Crippen LogP contribution in [0.4, 0.5) is 0 Å². The van der Waals surface area contributed by atoms with Gasteiger partial charge in [-0.3, -0.25) is 9.35 Å². The fraction of sp³-hybridized carbons (Fsp3) is 0.842. The van der Waals surface area contributed by atoms with Gasteiger partial charge in [0.25, 0.3) is 10.1 Å². The van der Waals surface area contributed by atoms with E-state index < -0.39 is 10.1 Å². The van der Waals surface area contributed by atoms with Gasteiger partial charge < -0.3 is 9.80 Å². The highest BCUT2D eigenvalue weighted by Crippen LogP contribution is 2.16. The Balaban J connectivity index is 4.99. The highest BCUT2D eigenvalue weighted by molar-refractivity contribution is 7.85. The SMILES string of the molecule is C=C(C)C(=O)NC(C)CC[N+](CCCC)(CCCC)CCCS(=O)(=O)O. The zero-order valence-electron chi connectivity index (χ0n) is 17.1. The second-order valence-corrected chi connectivity index (χ2v) is 9.10. The zero-order valence-corrected chi connectivity index (χ0v) is 17.9. The number of rotatable bonds is 15. The molecule has 7 heteroatoms. The predicted octanol–water partition coefficient (Wildman–Crippen LogP) is 3.15. The molecule has 0 aliphatic carbocycles. The van der Waals surface area contributed by atoms with Gasteiger partial charge in [0, 0.05) is 24.5 Å². The van der Waals surface area contributed by atoms with Crippen LogP contribution in [0.25, 0.3) is 0 Å². The molecule has 0 aromatic carbocycles. The lowest BCUT2D eigenvalue weighted by molar-refractivity contribution is -0.929. The minimum atomic E-state index is -3.92. The first-order valence-corrected chi connectivity index (χ1v) is 11.4.